The van der Waals surface area contributed by atoms with Gasteiger partial charge in [0, 0.05) is 31.7 Å². The van der Waals surface area contributed by atoms with Crippen molar-refractivity contribution in [2.75, 3.05) is 32.7 Å². The SMILES string of the molecule is CC(C)(C)OC(=O)N(CCc1ccc(C(=O)N2CCC(/C(=N/N)N(N)CC(F)(F)F)CC2)nc1)C[C@H](O)c1ccccc1. The van der Waals surface area contributed by atoms with E-state index in [0.29, 0.717) is 29.8 Å². The average Bonchev–Trinajstić information content (AvgIpc) is 2.94. The molecule has 1 atom stereocenters. The van der Waals surface area contributed by atoms with Gasteiger partial charge < -0.3 is 25.5 Å². The molecular weight excluding hydrogens is 567 g/mol. The predicted octanol–water partition coefficient (Wildman–Crippen LogP) is 3.46. The third-order valence-corrected chi connectivity index (χ3v) is 6.87. The van der Waals surface area contributed by atoms with Crippen molar-refractivity contribution in [1.29, 1.82) is 0 Å². The number of hydrogen-bond donors (Lipinski definition) is 3. The molecule has 2 heterocycles. The average molecular weight is 608 g/mol. The number of benzene rings is 1. The van der Waals surface area contributed by atoms with Gasteiger partial charge >= 0.3 is 12.3 Å². The number of hydrazone groups is 1. The van der Waals surface area contributed by atoms with Crippen LogP contribution in [0.2, 0.25) is 0 Å². The van der Waals surface area contributed by atoms with Gasteiger partial charge in [0.25, 0.3) is 5.91 Å². The number of amidine groups is 1. The molecular formula is C29H40F3N7O4. The number of pyridine rings is 1. The number of rotatable bonds is 9. The van der Waals surface area contributed by atoms with E-state index in [2.05, 4.69) is 10.1 Å². The highest BCUT2D eigenvalue weighted by Crippen LogP contribution is 2.23. The van der Waals surface area contributed by atoms with Gasteiger partial charge in [-0.05, 0) is 57.2 Å². The molecule has 1 fully saturated rings. The number of amides is 2. The minimum Gasteiger partial charge on any atom is -0.444 e. The van der Waals surface area contributed by atoms with Crippen LogP contribution in [0.3, 0.4) is 0 Å². The lowest BCUT2D eigenvalue weighted by Gasteiger charge is -2.34. The summed E-state index contributed by atoms with van der Waals surface area (Å²) < 4.78 is 43.8. The third kappa shape index (κ3) is 10.4. The van der Waals surface area contributed by atoms with Crippen molar-refractivity contribution in [3.63, 3.8) is 0 Å². The van der Waals surface area contributed by atoms with E-state index in [1.54, 1.807) is 56.1 Å². The molecule has 1 aromatic heterocycles. The molecule has 0 bridgehead atoms. The molecule has 43 heavy (non-hydrogen) atoms. The highest BCUT2D eigenvalue weighted by Gasteiger charge is 2.35. The van der Waals surface area contributed by atoms with Gasteiger partial charge in [0.1, 0.15) is 23.7 Å². The number of nitrogens with two attached hydrogens (primary N) is 2. The lowest BCUT2D eigenvalue weighted by molar-refractivity contribution is -0.138. The standard InChI is InChI=1S/C29H40F3N7O4/c1-28(2,3)43-27(42)38(18-24(40)21-7-5-4-6-8-21)14-11-20-9-10-23(35-17-20)26(41)37-15-12-22(13-16-37)25(36-33)39(34)19-29(30,31)32/h4-10,17,22,24,40H,11-16,18-19,33-34H2,1-3H3/b36-25-/t24-/m0/s1. The van der Waals surface area contributed by atoms with Crippen molar-refractivity contribution >= 4 is 17.8 Å². The summed E-state index contributed by atoms with van der Waals surface area (Å²) in [6.45, 7) is 4.77. The van der Waals surface area contributed by atoms with E-state index in [1.807, 2.05) is 18.2 Å². The van der Waals surface area contributed by atoms with Crippen LogP contribution in [0.1, 0.15) is 61.3 Å². The quantitative estimate of drug-likeness (QED) is 0.170. The first-order valence-electron chi connectivity index (χ1n) is 14.0. The van der Waals surface area contributed by atoms with Crippen molar-refractivity contribution in [2.45, 2.75) is 57.9 Å². The molecule has 0 spiro atoms. The Morgan fingerprint density at radius 1 is 1.14 bits per heavy atom. The van der Waals surface area contributed by atoms with Crippen LogP contribution in [0.15, 0.2) is 53.8 Å². The van der Waals surface area contributed by atoms with Crippen LogP contribution in [0.25, 0.3) is 0 Å². The second kappa shape index (κ2) is 14.5. The fourth-order valence-electron chi connectivity index (χ4n) is 4.73. The number of hydrogen-bond acceptors (Lipinski definition) is 8. The number of ether oxygens (including phenoxy) is 1. The van der Waals surface area contributed by atoms with Gasteiger partial charge in [-0.25, -0.2) is 10.6 Å². The summed E-state index contributed by atoms with van der Waals surface area (Å²) >= 11 is 0. The third-order valence-electron chi connectivity index (χ3n) is 6.87. The van der Waals surface area contributed by atoms with Gasteiger partial charge in [-0.1, -0.05) is 36.4 Å². The monoisotopic (exact) mass is 607 g/mol. The number of likely N-dealkylation sites (tertiary alicyclic amines) is 1. The molecule has 1 aliphatic heterocycles. The number of aromatic nitrogens is 1. The molecule has 11 nitrogen and oxygen atoms in total. The largest absolute Gasteiger partial charge is 0.444 e. The molecule has 1 saturated heterocycles. The van der Waals surface area contributed by atoms with Crippen molar-refractivity contribution in [3.05, 3.63) is 65.5 Å². The van der Waals surface area contributed by atoms with Crippen LogP contribution in [-0.4, -0.2) is 87.2 Å². The molecule has 3 rings (SSSR count). The Bertz CT molecular complexity index is 1230. The van der Waals surface area contributed by atoms with Gasteiger partial charge in [0.2, 0.25) is 0 Å². The lowest BCUT2D eigenvalue weighted by atomic mass is 9.95. The first-order valence-corrected chi connectivity index (χ1v) is 14.0. The molecule has 1 aliphatic rings. The van der Waals surface area contributed by atoms with Crippen molar-refractivity contribution in [3.8, 4) is 0 Å². The second-order valence-electron chi connectivity index (χ2n) is 11.5. The highest BCUT2D eigenvalue weighted by atomic mass is 19.4. The highest BCUT2D eigenvalue weighted by molar-refractivity contribution is 5.92. The lowest BCUT2D eigenvalue weighted by Crippen LogP contribution is -2.50. The number of halogens is 3. The summed E-state index contributed by atoms with van der Waals surface area (Å²) in [6, 6.07) is 12.4. The molecule has 2 amide bonds. The van der Waals surface area contributed by atoms with E-state index >= 15 is 0 Å². The number of aliphatic hydroxyl groups excluding tert-OH is 1. The summed E-state index contributed by atoms with van der Waals surface area (Å²) in [4.78, 5) is 33.3. The molecule has 0 unspecified atom stereocenters. The van der Waals surface area contributed by atoms with E-state index in [1.165, 1.54) is 4.90 Å². The van der Waals surface area contributed by atoms with E-state index in [9.17, 15) is 27.9 Å². The molecule has 0 radical (unpaired) electrons. The molecule has 1 aromatic carbocycles. The van der Waals surface area contributed by atoms with E-state index in [4.69, 9.17) is 16.4 Å². The zero-order valence-electron chi connectivity index (χ0n) is 24.6. The van der Waals surface area contributed by atoms with Crippen LogP contribution in [0, 0.1) is 5.92 Å². The number of nitrogens with zero attached hydrogens (tertiary/aromatic N) is 5. The smallest absolute Gasteiger partial charge is 0.410 e. The summed E-state index contributed by atoms with van der Waals surface area (Å²) in [7, 11) is 0. The van der Waals surface area contributed by atoms with Crippen LogP contribution in [0.4, 0.5) is 18.0 Å². The molecule has 236 valence electrons. The van der Waals surface area contributed by atoms with Gasteiger partial charge in [-0.2, -0.15) is 18.3 Å². The number of carbonyl (C=O) groups is 2. The fraction of sp³-hybridized carbons (Fsp3) is 0.517. The van der Waals surface area contributed by atoms with Crippen molar-refractivity contribution in [2.24, 2.45) is 22.7 Å². The molecule has 0 saturated carbocycles. The Balaban J connectivity index is 1.58. The van der Waals surface area contributed by atoms with Crippen LogP contribution in [0.5, 0.6) is 0 Å². The second-order valence-corrected chi connectivity index (χ2v) is 11.5. The summed E-state index contributed by atoms with van der Waals surface area (Å²) in [5, 5.41) is 14.7. The Morgan fingerprint density at radius 3 is 2.33 bits per heavy atom. The van der Waals surface area contributed by atoms with Crippen LogP contribution in [-0.2, 0) is 11.2 Å². The van der Waals surface area contributed by atoms with E-state index < -0.39 is 36.4 Å². The predicted molar refractivity (Wildman–Crippen MR) is 154 cm³/mol. The molecule has 14 heteroatoms. The number of hydrazine groups is 1. The van der Waals surface area contributed by atoms with Crippen molar-refractivity contribution in [1.82, 2.24) is 19.8 Å². The minimum atomic E-state index is -4.50. The Labute approximate surface area is 249 Å². The molecule has 2 aromatic rings. The topological polar surface area (TPSA) is 151 Å². The zero-order valence-corrected chi connectivity index (χ0v) is 24.6. The Kier molecular flexibility index (Phi) is 11.3. The first-order chi connectivity index (χ1) is 20.2. The Hall–Kier alpha value is -3.91. The zero-order chi connectivity index (χ0) is 31.8. The normalized spacial score (nSPS) is 15.6. The summed E-state index contributed by atoms with van der Waals surface area (Å²) in [5.41, 5.74) is 0.958. The maximum absolute atomic E-state index is 13.1. The number of piperidine rings is 1. The summed E-state index contributed by atoms with van der Waals surface area (Å²) in [5.74, 6) is 10.1. The van der Waals surface area contributed by atoms with Gasteiger partial charge in [-0.15, -0.1) is 0 Å². The van der Waals surface area contributed by atoms with Crippen LogP contribution >= 0.6 is 0 Å². The summed E-state index contributed by atoms with van der Waals surface area (Å²) in [6.07, 6.45) is -3.30. The van der Waals surface area contributed by atoms with Gasteiger partial charge in [-0.3, -0.25) is 14.8 Å². The van der Waals surface area contributed by atoms with Crippen LogP contribution < -0.4 is 11.7 Å². The van der Waals surface area contributed by atoms with E-state index in [-0.39, 0.29) is 43.6 Å². The van der Waals surface area contributed by atoms with Crippen molar-refractivity contribution < 1.29 is 32.6 Å². The Morgan fingerprint density at radius 2 is 1.79 bits per heavy atom. The maximum atomic E-state index is 13.1. The molecule has 0 aliphatic carbocycles. The minimum absolute atomic E-state index is 0.0353. The first kappa shape index (κ1) is 33.6. The maximum Gasteiger partial charge on any atom is 0.410 e. The van der Waals surface area contributed by atoms with Gasteiger partial charge in [0.05, 0.1) is 12.6 Å². The number of alkyl halides is 3. The molecule has 5 N–H and O–H groups in total. The number of carbonyl (C=O) groups excluding carboxylic acids is 2. The fourth-order valence-corrected chi connectivity index (χ4v) is 4.73. The van der Waals surface area contributed by atoms with E-state index in [0.717, 1.165) is 5.56 Å². The van der Waals surface area contributed by atoms with Gasteiger partial charge in [0.15, 0.2) is 0 Å². The number of aliphatic hydroxyl groups is 1.